The van der Waals surface area contributed by atoms with Crippen LogP contribution in [0, 0.1) is 5.82 Å². The van der Waals surface area contributed by atoms with Gasteiger partial charge in [0, 0.05) is 17.9 Å². The van der Waals surface area contributed by atoms with Gasteiger partial charge in [0.15, 0.2) is 5.82 Å². The molecule has 106 valence electrons. The number of aromatic nitrogens is 4. The molecule has 3 rings (SSSR count). The lowest BCUT2D eigenvalue weighted by Crippen LogP contribution is -2.25. The average Bonchev–Trinajstić information content (AvgIpc) is 2.87. The van der Waals surface area contributed by atoms with Crippen molar-refractivity contribution in [2.24, 2.45) is 0 Å². The third-order valence-electron chi connectivity index (χ3n) is 3.36. The number of hydrogen-bond acceptors (Lipinski definition) is 5. The molecule has 1 fully saturated rings. The monoisotopic (exact) mass is 277 g/mol. The molecular formula is C13H16FN5O. The third-order valence-corrected chi connectivity index (χ3v) is 3.36. The van der Waals surface area contributed by atoms with Gasteiger partial charge in [-0.25, -0.2) is 9.07 Å². The first-order chi connectivity index (χ1) is 9.72. The zero-order valence-corrected chi connectivity index (χ0v) is 11.0. The smallest absolute Gasteiger partial charge is 0.182 e. The first kappa shape index (κ1) is 13.0. The van der Waals surface area contributed by atoms with Gasteiger partial charge in [-0.1, -0.05) is 0 Å². The van der Waals surface area contributed by atoms with E-state index in [2.05, 4.69) is 15.5 Å². The summed E-state index contributed by atoms with van der Waals surface area (Å²) in [5.74, 6) is 0.105. The molecule has 0 saturated carbocycles. The second-order valence-corrected chi connectivity index (χ2v) is 4.95. The van der Waals surface area contributed by atoms with Crippen LogP contribution in [0.1, 0.15) is 19.3 Å². The van der Waals surface area contributed by atoms with Crippen LogP contribution in [0.5, 0.6) is 0 Å². The Morgan fingerprint density at radius 2 is 2.25 bits per heavy atom. The molecule has 1 aliphatic rings. The van der Waals surface area contributed by atoms with Crippen molar-refractivity contribution in [2.75, 3.05) is 12.3 Å². The molecule has 1 aromatic carbocycles. The predicted octanol–water partition coefficient (Wildman–Crippen LogP) is 1.63. The Labute approximate surface area is 115 Å². The fourth-order valence-electron chi connectivity index (χ4n) is 2.42. The molecule has 2 aromatic rings. The van der Waals surface area contributed by atoms with Crippen LogP contribution in [-0.2, 0) is 11.3 Å². The lowest BCUT2D eigenvalue weighted by Gasteiger charge is -2.22. The molecule has 0 aliphatic carbocycles. The fourth-order valence-corrected chi connectivity index (χ4v) is 2.42. The highest BCUT2D eigenvalue weighted by molar-refractivity contribution is 5.61. The van der Waals surface area contributed by atoms with Crippen LogP contribution in [0.4, 0.5) is 10.1 Å². The minimum atomic E-state index is -0.400. The lowest BCUT2D eigenvalue weighted by atomic mass is 10.1. The molecule has 1 saturated heterocycles. The number of nitrogen functional groups attached to an aromatic ring is 1. The van der Waals surface area contributed by atoms with Crippen LogP contribution in [-0.4, -0.2) is 32.9 Å². The zero-order chi connectivity index (χ0) is 13.9. The maximum absolute atomic E-state index is 13.4. The summed E-state index contributed by atoms with van der Waals surface area (Å²) < 4.78 is 20.7. The summed E-state index contributed by atoms with van der Waals surface area (Å²) in [6, 6.07) is 4.30. The Hall–Kier alpha value is -2.02. The van der Waals surface area contributed by atoms with Crippen molar-refractivity contribution in [3.05, 3.63) is 24.0 Å². The summed E-state index contributed by atoms with van der Waals surface area (Å²) in [6.45, 7) is 1.34. The van der Waals surface area contributed by atoms with E-state index in [9.17, 15) is 4.39 Å². The Kier molecular flexibility index (Phi) is 3.60. The van der Waals surface area contributed by atoms with Gasteiger partial charge in [0.25, 0.3) is 0 Å². The van der Waals surface area contributed by atoms with Gasteiger partial charge < -0.3 is 10.5 Å². The van der Waals surface area contributed by atoms with Gasteiger partial charge in [0.1, 0.15) is 5.82 Å². The standard InChI is InChI=1S/C13H16FN5O/c14-10-5-9(6-11(15)7-10)13-16-17-18-19(13)8-12-3-1-2-4-20-12/h5-7,12H,1-4,8,15H2. The second kappa shape index (κ2) is 5.54. The summed E-state index contributed by atoms with van der Waals surface area (Å²) >= 11 is 0. The summed E-state index contributed by atoms with van der Waals surface area (Å²) in [7, 11) is 0. The Balaban J connectivity index is 1.85. The third kappa shape index (κ3) is 2.77. The van der Waals surface area contributed by atoms with Crippen LogP contribution in [0.3, 0.4) is 0 Å². The number of tetrazole rings is 1. The zero-order valence-electron chi connectivity index (χ0n) is 11.0. The Bertz CT molecular complexity index is 574. The van der Waals surface area contributed by atoms with E-state index < -0.39 is 5.82 Å². The molecular weight excluding hydrogens is 261 g/mol. The van der Waals surface area contributed by atoms with Gasteiger partial charge in [0.05, 0.1) is 12.6 Å². The van der Waals surface area contributed by atoms with Crippen molar-refractivity contribution in [1.29, 1.82) is 0 Å². The Morgan fingerprint density at radius 3 is 3.00 bits per heavy atom. The first-order valence-electron chi connectivity index (χ1n) is 6.66. The maximum atomic E-state index is 13.4. The number of ether oxygens (including phenoxy) is 1. The molecule has 2 heterocycles. The maximum Gasteiger partial charge on any atom is 0.182 e. The number of rotatable bonds is 3. The summed E-state index contributed by atoms with van der Waals surface area (Å²) in [5, 5.41) is 11.6. The molecule has 7 heteroatoms. The molecule has 1 aromatic heterocycles. The normalized spacial score (nSPS) is 19.1. The number of benzene rings is 1. The highest BCUT2D eigenvalue weighted by Gasteiger charge is 2.18. The molecule has 0 bridgehead atoms. The van der Waals surface area contributed by atoms with Crippen molar-refractivity contribution in [3.63, 3.8) is 0 Å². The van der Waals surface area contributed by atoms with E-state index in [1.165, 1.54) is 12.1 Å². The molecule has 1 aliphatic heterocycles. The van der Waals surface area contributed by atoms with Gasteiger partial charge in [0.2, 0.25) is 0 Å². The van der Waals surface area contributed by atoms with Crippen LogP contribution >= 0.6 is 0 Å². The molecule has 0 radical (unpaired) electrons. The SMILES string of the molecule is Nc1cc(F)cc(-c2nnnn2CC2CCCCO2)c1. The molecule has 0 spiro atoms. The van der Waals surface area contributed by atoms with Gasteiger partial charge in [-0.2, -0.15) is 0 Å². The minimum Gasteiger partial charge on any atom is -0.399 e. The quantitative estimate of drug-likeness (QED) is 0.863. The summed E-state index contributed by atoms with van der Waals surface area (Å²) in [4.78, 5) is 0. The number of halogens is 1. The van der Waals surface area contributed by atoms with Crippen molar-refractivity contribution in [1.82, 2.24) is 20.2 Å². The van der Waals surface area contributed by atoms with Gasteiger partial charge >= 0.3 is 0 Å². The van der Waals surface area contributed by atoms with Gasteiger partial charge in [-0.05, 0) is 47.9 Å². The molecule has 1 atom stereocenters. The van der Waals surface area contributed by atoms with Crippen LogP contribution in [0.2, 0.25) is 0 Å². The first-order valence-corrected chi connectivity index (χ1v) is 6.66. The molecule has 6 nitrogen and oxygen atoms in total. The van der Waals surface area contributed by atoms with E-state index in [1.54, 1.807) is 10.7 Å². The Morgan fingerprint density at radius 1 is 1.35 bits per heavy atom. The topological polar surface area (TPSA) is 78.9 Å². The molecule has 2 N–H and O–H groups in total. The highest BCUT2D eigenvalue weighted by atomic mass is 19.1. The number of nitrogens with zero attached hydrogens (tertiary/aromatic N) is 4. The molecule has 0 amide bonds. The number of anilines is 1. The van der Waals surface area contributed by atoms with Crippen molar-refractivity contribution >= 4 is 5.69 Å². The minimum absolute atomic E-state index is 0.108. The van der Waals surface area contributed by atoms with Crippen LogP contribution in [0.15, 0.2) is 18.2 Å². The van der Waals surface area contributed by atoms with E-state index in [1.807, 2.05) is 0 Å². The van der Waals surface area contributed by atoms with Crippen molar-refractivity contribution in [3.8, 4) is 11.4 Å². The van der Waals surface area contributed by atoms with E-state index in [-0.39, 0.29) is 6.10 Å². The summed E-state index contributed by atoms with van der Waals surface area (Å²) in [5.41, 5.74) is 6.58. The van der Waals surface area contributed by atoms with E-state index in [0.717, 1.165) is 25.9 Å². The largest absolute Gasteiger partial charge is 0.399 e. The number of nitrogens with two attached hydrogens (primary N) is 1. The summed E-state index contributed by atoms with van der Waals surface area (Å²) in [6.07, 6.45) is 3.34. The van der Waals surface area contributed by atoms with E-state index in [0.29, 0.717) is 23.6 Å². The van der Waals surface area contributed by atoms with Gasteiger partial charge in [-0.3, -0.25) is 0 Å². The second-order valence-electron chi connectivity index (χ2n) is 4.95. The van der Waals surface area contributed by atoms with E-state index in [4.69, 9.17) is 10.5 Å². The van der Waals surface area contributed by atoms with Crippen molar-refractivity contribution in [2.45, 2.75) is 31.9 Å². The highest BCUT2D eigenvalue weighted by Crippen LogP contribution is 2.22. The van der Waals surface area contributed by atoms with Crippen LogP contribution < -0.4 is 5.73 Å². The molecule has 1 unspecified atom stereocenters. The lowest BCUT2D eigenvalue weighted by molar-refractivity contribution is 0.00397. The number of hydrogen-bond donors (Lipinski definition) is 1. The van der Waals surface area contributed by atoms with Gasteiger partial charge in [-0.15, -0.1) is 5.10 Å². The van der Waals surface area contributed by atoms with Crippen molar-refractivity contribution < 1.29 is 9.13 Å². The predicted molar refractivity (Wildman–Crippen MR) is 71.2 cm³/mol. The van der Waals surface area contributed by atoms with Crippen LogP contribution in [0.25, 0.3) is 11.4 Å². The average molecular weight is 277 g/mol. The molecule has 20 heavy (non-hydrogen) atoms. The van der Waals surface area contributed by atoms with E-state index >= 15 is 0 Å². The fraction of sp³-hybridized carbons (Fsp3) is 0.462.